The van der Waals surface area contributed by atoms with Gasteiger partial charge in [-0.1, -0.05) is 24.3 Å². The van der Waals surface area contributed by atoms with E-state index in [4.69, 9.17) is 0 Å². The van der Waals surface area contributed by atoms with Crippen LogP contribution in [-0.4, -0.2) is 21.9 Å². The van der Waals surface area contributed by atoms with Crippen LogP contribution >= 0.6 is 22.6 Å². The number of aromatic hydroxyl groups is 1. The van der Waals surface area contributed by atoms with Gasteiger partial charge in [-0.3, -0.25) is 0 Å². The Kier molecular flexibility index (Phi) is 4.30. The number of phenolic OH excluding ortho intramolecular Hbond substituents is 1. The Morgan fingerprint density at radius 2 is 1.29 bits per heavy atom. The van der Waals surface area contributed by atoms with E-state index in [0.29, 0.717) is 0 Å². The molecule has 0 unspecified atom stereocenters. The molecule has 124 valence electrons. The maximum atomic E-state index is 12.8. The summed E-state index contributed by atoms with van der Waals surface area (Å²) in [5.74, 6) is -0.115. The fraction of sp³-hybridized carbons (Fsp3) is 0. The van der Waals surface area contributed by atoms with E-state index in [0.717, 1.165) is 9.64 Å². The molecule has 3 aromatic carbocycles. The van der Waals surface area contributed by atoms with Gasteiger partial charge in [0.1, 0.15) is 5.75 Å². The first-order valence-electron chi connectivity index (χ1n) is 6.71. The quantitative estimate of drug-likeness (QED) is 0.465. The summed E-state index contributed by atoms with van der Waals surface area (Å²) >= 11 is 2.00. The largest absolute Gasteiger partial charge is 0.507 e. The second kappa shape index (κ2) is 6.01. The van der Waals surface area contributed by atoms with E-state index in [1.165, 1.54) is 42.5 Å². The van der Waals surface area contributed by atoms with Gasteiger partial charge >= 0.3 is 0 Å². The molecule has 0 atom stereocenters. The molecule has 3 aromatic rings. The first kappa shape index (κ1) is 17.2. The van der Waals surface area contributed by atoms with E-state index in [1.807, 2.05) is 22.6 Å². The molecule has 0 bridgehead atoms. The number of fused-ring (bicyclic) bond motifs is 1. The first-order chi connectivity index (χ1) is 11.2. The molecule has 0 fully saturated rings. The monoisotopic (exact) mass is 474 g/mol. The summed E-state index contributed by atoms with van der Waals surface area (Å²) in [5.41, 5.74) is 0. The number of hydrogen-bond donors (Lipinski definition) is 1. The molecule has 0 saturated carbocycles. The van der Waals surface area contributed by atoms with Gasteiger partial charge in [-0.2, -0.15) is 0 Å². The molecule has 0 amide bonds. The van der Waals surface area contributed by atoms with Gasteiger partial charge in [0.25, 0.3) is 17.7 Å². The molecule has 24 heavy (non-hydrogen) atoms. The molecular weight excluding hydrogens is 463 g/mol. The van der Waals surface area contributed by atoms with Crippen LogP contribution in [0.5, 0.6) is 5.75 Å². The molecule has 1 N–H and O–H groups in total. The summed E-state index contributed by atoms with van der Waals surface area (Å²) in [4.78, 5) is -0.644. The smallest absolute Gasteiger partial charge is 0.287 e. The molecule has 0 radical (unpaired) electrons. The molecule has 0 aliphatic heterocycles. The number of phenols is 1. The standard InChI is InChI=1S/C16H11IO5S2/c17-11-5-7-12(8-6-11)23(19,20)24(21,22)16-10-9-15(18)13-3-1-2-4-14(13)16/h1-10,18H. The second-order valence-corrected chi connectivity index (χ2v) is 11.6. The average Bonchev–Trinajstić information content (AvgIpc) is 2.55. The average molecular weight is 474 g/mol. The summed E-state index contributed by atoms with van der Waals surface area (Å²) in [5, 5.41) is 10.3. The van der Waals surface area contributed by atoms with E-state index >= 15 is 0 Å². The van der Waals surface area contributed by atoms with Crippen LogP contribution in [0.3, 0.4) is 0 Å². The number of hydrogen-bond acceptors (Lipinski definition) is 5. The molecule has 0 aliphatic carbocycles. The van der Waals surface area contributed by atoms with Crippen molar-refractivity contribution in [3.8, 4) is 5.75 Å². The van der Waals surface area contributed by atoms with Crippen molar-refractivity contribution in [1.82, 2.24) is 0 Å². The van der Waals surface area contributed by atoms with Crippen molar-refractivity contribution < 1.29 is 21.9 Å². The van der Waals surface area contributed by atoms with Crippen LogP contribution in [-0.2, 0) is 17.7 Å². The van der Waals surface area contributed by atoms with Crippen LogP contribution in [0.1, 0.15) is 0 Å². The Balaban J connectivity index is 2.29. The minimum absolute atomic E-state index is 0.115. The third-order valence-corrected chi connectivity index (χ3v) is 9.41. The van der Waals surface area contributed by atoms with Gasteiger partial charge in [0.05, 0.1) is 9.79 Å². The van der Waals surface area contributed by atoms with E-state index in [2.05, 4.69) is 0 Å². The van der Waals surface area contributed by atoms with Crippen LogP contribution in [0.4, 0.5) is 0 Å². The number of rotatable bonds is 3. The lowest BCUT2D eigenvalue weighted by Gasteiger charge is -2.10. The van der Waals surface area contributed by atoms with Crippen molar-refractivity contribution in [1.29, 1.82) is 0 Å². The minimum atomic E-state index is -4.69. The van der Waals surface area contributed by atoms with Crippen molar-refractivity contribution in [2.75, 3.05) is 0 Å². The van der Waals surface area contributed by atoms with Crippen LogP contribution in [0, 0.1) is 3.57 Å². The summed E-state index contributed by atoms with van der Waals surface area (Å²) in [7, 11) is -9.31. The maximum Gasteiger partial charge on any atom is 0.287 e. The zero-order chi connectivity index (χ0) is 17.5. The van der Waals surface area contributed by atoms with Gasteiger partial charge in [-0.15, -0.1) is 0 Å². The predicted octanol–water partition coefficient (Wildman–Crippen LogP) is 3.31. The molecule has 0 aliphatic rings. The third kappa shape index (κ3) is 2.68. The first-order valence-corrected chi connectivity index (χ1v) is 11.3. The number of halogens is 1. The van der Waals surface area contributed by atoms with Gasteiger partial charge in [0.2, 0.25) is 0 Å². The highest BCUT2D eigenvalue weighted by Gasteiger charge is 2.35. The lowest BCUT2D eigenvalue weighted by atomic mass is 10.1. The molecular formula is C16H11IO5S2. The lowest BCUT2D eigenvalue weighted by Crippen LogP contribution is -2.16. The Hall–Kier alpha value is -1.65. The molecule has 0 heterocycles. The van der Waals surface area contributed by atoms with E-state index in [9.17, 15) is 21.9 Å². The van der Waals surface area contributed by atoms with Gasteiger partial charge in [0, 0.05) is 14.3 Å². The van der Waals surface area contributed by atoms with Crippen molar-refractivity contribution in [3.63, 3.8) is 0 Å². The fourth-order valence-corrected chi connectivity index (χ4v) is 6.56. The van der Waals surface area contributed by atoms with Gasteiger partial charge in [-0.25, -0.2) is 16.8 Å². The second-order valence-electron chi connectivity index (χ2n) is 4.99. The molecule has 0 spiro atoms. The van der Waals surface area contributed by atoms with E-state index in [1.54, 1.807) is 12.1 Å². The fourth-order valence-electron chi connectivity index (χ4n) is 2.32. The van der Waals surface area contributed by atoms with Gasteiger partial charge in [-0.05, 0) is 59.0 Å². The Labute approximate surface area is 152 Å². The zero-order valence-corrected chi connectivity index (χ0v) is 15.8. The zero-order valence-electron chi connectivity index (χ0n) is 12.0. The lowest BCUT2D eigenvalue weighted by molar-refractivity contribution is 0.481. The Morgan fingerprint density at radius 1 is 0.708 bits per heavy atom. The summed E-state index contributed by atoms with van der Waals surface area (Å²) in [6.07, 6.45) is 0. The third-order valence-electron chi connectivity index (χ3n) is 3.52. The van der Waals surface area contributed by atoms with Crippen LogP contribution in [0.2, 0.25) is 0 Å². The van der Waals surface area contributed by atoms with Gasteiger partial charge in [0.15, 0.2) is 0 Å². The van der Waals surface area contributed by atoms with Crippen LogP contribution in [0.15, 0.2) is 70.5 Å². The molecule has 3 rings (SSSR count). The van der Waals surface area contributed by atoms with Crippen molar-refractivity contribution in [2.24, 2.45) is 0 Å². The van der Waals surface area contributed by atoms with Gasteiger partial charge < -0.3 is 5.11 Å². The van der Waals surface area contributed by atoms with Crippen molar-refractivity contribution in [2.45, 2.75) is 9.79 Å². The Bertz CT molecular complexity index is 1130. The SMILES string of the molecule is O=S(=O)(c1ccc(I)cc1)S(=O)(=O)c1ccc(O)c2ccccc12. The topological polar surface area (TPSA) is 88.5 Å². The summed E-state index contributed by atoms with van der Waals surface area (Å²) < 4.78 is 51.7. The molecule has 0 saturated heterocycles. The highest BCUT2D eigenvalue weighted by Crippen LogP contribution is 2.34. The van der Waals surface area contributed by atoms with E-state index < -0.39 is 17.7 Å². The highest BCUT2D eigenvalue weighted by molar-refractivity contribution is 14.1. The molecule has 0 aromatic heterocycles. The molecule has 8 heteroatoms. The Morgan fingerprint density at radius 3 is 1.92 bits per heavy atom. The van der Waals surface area contributed by atoms with Crippen molar-refractivity contribution >= 4 is 51.1 Å². The summed E-state index contributed by atoms with van der Waals surface area (Å²) in [6.45, 7) is 0. The minimum Gasteiger partial charge on any atom is -0.507 e. The summed E-state index contributed by atoms with van der Waals surface area (Å²) in [6, 6.07) is 14.1. The maximum absolute atomic E-state index is 12.8. The van der Waals surface area contributed by atoms with Crippen LogP contribution in [0.25, 0.3) is 10.8 Å². The normalized spacial score (nSPS) is 12.4. The predicted molar refractivity (Wildman–Crippen MR) is 99.1 cm³/mol. The number of benzene rings is 3. The van der Waals surface area contributed by atoms with E-state index in [-0.39, 0.29) is 26.3 Å². The molecule has 5 nitrogen and oxygen atoms in total. The van der Waals surface area contributed by atoms with Crippen LogP contribution < -0.4 is 0 Å². The highest BCUT2D eigenvalue weighted by atomic mass is 127. The van der Waals surface area contributed by atoms with Crippen molar-refractivity contribution in [3.05, 3.63) is 64.2 Å².